The topological polar surface area (TPSA) is 83.5 Å². The number of benzene rings is 1. The summed E-state index contributed by atoms with van der Waals surface area (Å²) >= 11 is 0. The van der Waals surface area contributed by atoms with Crippen molar-refractivity contribution in [1.82, 2.24) is 4.72 Å². The third-order valence-corrected chi connectivity index (χ3v) is 5.41. The van der Waals surface area contributed by atoms with Crippen molar-refractivity contribution >= 4 is 16.0 Å². The molecule has 0 aromatic heterocycles. The van der Waals surface area contributed by atoms with E-state index in [0.29, 0.717) is 25.3 Å². The summed E-state index contributed by atoms with van der Waals surface area (Å²) in [7, 11) is -4.33. The summed E-state index contributed by atoms with van der Waals surface area (Å²) in [6, 6.07) is 1.24. The van der Waals surface area contributed by atoms with Crippen molar-refractivity contribution in [3.63, 3.8) is 0 Å². The first kappa shape index (κ1) is 15.8. The van der Waals surface area contributed by atoms with Gasteiger partial charge in [-0.1, -0.05) is 6.42 Å². The molecule has 0 aliphatic heterocycles. The number of rotatable bonds is 4. The van der Waals surface area contributed by atoms with E-state index in [1.165, 1.54) is 6.92 Å². The van der Waals surface area contributed by atoms with E-state index in [-0.39, 0.29) is 0 Å². The zero-order chi connectivity index (χ0) is 15.8. The van der Waals surface area contributed by atoms with Crippen LogP contribution in [-0.4, -0.2) is 25.5 Å². The Balaban J connectivity index is 2.34. The van der Waals surface area contributed by atoms with E-state index in [2.05, 4.69) is 4.72 Å². The highest BCUT2D eigenvalue weighted by Gasteiger charge is 2.47. The van der Waals surface area contributed by atoms with Crippen molar-refractivity contribution in [1.29, 1.82) is 0 Å². The van der Waals surface area contributed by atoms with Crippen LogP contribution in [0.1, 0.15) is 26.2 Å². The van der Waals surface area contributed by atoms with Crippen molar-refractivity contribution in [2.45, 2.75) is 37.1 Å². The highest BCUT2D eigenvalue weighted by Crippen LogP contribution is 2.39. The predicted octanol–water partition coefficient (Wildman–Crippen LogP) is 1.89. The molecule has 0 radical (unpaired) electrons. The highest BCUT2D eigenvalue weighted by atomic mass is 32.2. The minimum Gasteiger partial charge on any atom is -0.481 e. The number of nitrogens with one attached hydrogen (secondary N) is 1. The average Bonchev–Trinajstić information content (AvgIpc) is 2.74. The largest absolute Gasteiger partial charge is 0.481 e. The van der Waals surface area contributed by atoms with Gasteiger partial charge in [-0.25, -0.2) is 21.9 Å². The summed E-state index contributed by atoms with van der Waals surface area (Å²) in [5, 5.41) is 9.24. The van der Waals surface area contributed by atoms with Crippen LogP contribution in [0, 0.1) is 17.0 Å². The lowest BCUT2D eigenvalue weighted by Crippen LogP contribution is -2.47. The Labute approximate surface area is 121 Å². The van der Waals surface area contributed by atoms with Crippen LogP contribution in [0.3, 0.4) is 0 Å². The first-order valence-corrected chi connectivity index (χ1v) is 7.86. The van der Waals surface area contributed by atoms with Gasteiger partial charge in [0.25, 0.3) is 0 Å². The molecule has 8 heteroatoms. The summed E-state index contributed by atoms with van der Waals surface area (Å²) in [4.78, 5) is 10.5. The lowest BCUT2D eigenvalue weighted by molar-refractivity contribution is -0.148. The van der Waals surface area contributed by atoms with Crippen LogP contribution < -0.4 is 4.72 Å². The van der Waals surface area contributed by atoms with Crippen molar-refractivity contribution in [2.24, 2.45) is 5.41 Å². The lowest BCUT2D eigenvalue weighted by atomic mass is 9.85. The van der Waals surface area contributed by atoms with Gasteiger partial charge < -0.3 is 5.11 Å². The summed E-state index contributed by atoms with van der Waals surface area (Å²) in [5.74, 6) is -3.09. The molecule has 1 aromatic rings. The van der Waals surface area contributed by atoms with E-state index in [1.807, 2.05) is 0 Å². The summed E-state index contributed by atoms with van der Waals surface area (Å²) in [6.07, 6.45) is 1.20. The maximum absolute atomic E-state index is 13.6. The first-order valence-electron chi connectivity index (χ1n) is 6.37. The molecule has 116 valence electrons. The molecule has 1 saturated carbocycles. The van der Waals surface area contributed by atoms with E-state index in [4.69, 9.17) is 0 Å². The molecule has 1 aliphatic carbocycles. The molecule has 2 unspecified atom stereocenters. The maximum atomic E-state index is 13.6. The molecule has 2 rings (SSSR count). The third-order valence-electron chi connectivity index (χ3n) is 3.93. The van der Waals surface area contributed by atoms with Crippen LogP contribution >= 0.6 is 0 Å². The molecule has 1 aromatic carbocycles. The Morgan fingerprint density at radius 1 is 1.43 bits per heavy atom. The highest BCUT2D eigenvalue weighted by molar-refractivity contribution is 7.89. The predicted molar refractivity (Wildman–Crippen MR) is 70.1 cm³/mol. The van der Waals surface area contributed by atoms with Gasteiger partial charge in [-0.05, 0) is 38.0 Å². The van der Waals surface area contributed by atoms with Gasteiger partial charge in [0.15, 0.2) is 0 Å². The number of carbonyl (C=O) groups is 1. The fraction of sp³-hybridized carbons (Fsp3) is 0.462. The minimum atomic E-state index is -4.33. The smallest absolute Gasteiger partial charge is 0.310 e. The molecule has 0 amide bonds. The molecular weight excluding hydrogens is 304 g/mol. The number of hydrogen-bond donors (Lipinski definition) is 2. The Morgan fingerprint density at radius 3 is 2.71 bits per heavy atom. The molecule has 2 N–H and O–H groups in total. The van der Waals surface area contributed by atoms with Gasteiger partial charge in [0.05, 0.1) is 5.41 Å². The van der Waals surface area contributed by atoms with Crippen LogP contribution in [0.5, 0.6) is 0 Å². The second kappa shape index (κ2) is 5.34. The number of hydrogen-bond acceptors (Lipinski definition) is 3. The molecule has 2 atom stereocenters. The van der Waals surface area contributed by atoms with Gasteiger partial charge in [0.2, 0.25) is 10.0 Å². The van der Waals surface area contributed by atoms with Gasteiger partial charge in [0, 0.05) is 6.04 Å². The normalized spacial score (nSPS) is 26.0. The van der Waals surface area contributed by atoms with Gasteiger partial charge in [-0.15, -0.1) is 0 Å². The second-order valence-corrected chi connectivity index (χ2v) is 7.05. The fourth-order valence-corrected chi connectivity index (χ4v) is 4.02. The first-order chi connectivity index (χ1) is 9.67. The van der Waals surface area contributed by atoms with Gasteiger partial charge in [-0.3, -0.25) is 4.79 Å². The molecular formula is C13H15F2NO4S. The van der Waals surface area contributed by atoms with Gasteiger partial charge in [-0.2, -0.15) is 0 Å². The molecule has 1 fully saturated rings. The van der Waals surface area contributed by atoms with E-state index in [0.717, 1.165) is 12.1 Å². The van der Waals surface area contributed by atoms with Crippen molar-refractivity contribution in [3.8, 4) is 0 Å². The van der Waals surface area contributed by atoms with E-state index in [9.17, 15) is 27.1 Å². The van der Waals surface area contributed by atoms with E-state index in [1.54, 1.807) is 0 Å². The molecule has 21 heavy (non-hydrogen) atoms. The quantitative estimate of drug-likeness (QED) is 0.887. The summed E-state index contributed by atoms with van der Waals surface area (Å²) < 4.78 is 53.2. The molecule has 1 aliphatic rings. The number of aliphatic carboxylic acids is 1. The molecule has 0 spiro atoms. The van der Waals surface area contributed by atoms with Crippen molar-refractivity contribution in [3.05, 3.63) is 29.8 Å². The van der Waals surface area contributed by atoms with Crippen molar-refractivity contribution in [2.75, 3.05) is 0 Å². The monoisotopic (exact) mass is 319 g/mol. The van der Waals surface area contributed by atoms with E-state index < -0.39 is 44.0 Å². The number of carboxylic acids is 1. The Kier molecular flexibility index (Phi) is 4.03. The number of halogens is 2. The van der Waals surface area contributed by atoms with Crippen LogP contribution in [0.4, 0.5) is 8.78 Å². The molecule has 0 bridgehead atoms. The van der Waals surface area contributed by atoms with Gasteiger partial charge >= 0.3 is 5.97 Å². The van der Waals surface area contributed by atoms with Crippen molar-refractivity contribution < 1.29 is 27.1 Å². The SMILES string of the molecule is CC1(C(=O)O)CCCC1NS(=O)(=O)c1cc(F)ccc1F. The summed E-state index contributed by atoms with van der Waals surface area (Å²) in [5.41, 5.74) is -1.25. The fourth-order valence-electron chi connectivity index (χ4n) is 2.55. The molecule has 5 nitrogen and oxygen atoms in total. The zero-order valence-corrected chi connectivity index (χ0v) is 12.1. The Hall–Kier alpha value is -1.54. The number of carboxylic acid groups (broad SMARTS) is 1. The van der Waals surface area contributed by atoms with Crippen LogP contribution in [0.2, 0.25) is 0 Å². The Morgan fingerprint density at radius 2 is 2.10 bits per heavy atom. The summed E-state index contributed by atoms with van der Waals surface area (Å²) in [6.45, 7) is 1.44. The molecule has 0 saturated heterocycles. The zero-order valence-electron chi connectivity index (χ0n) is 11.3. The third kappa shape index (κ3) is 2.91. The van der Waals surface area contributed by atoms with Gasteiger partial charge in [0.1, 0.15) is 16.5 Å². The molecule has 0 heterocycles. The van der Waals surface area contributed by atoms with E-state index >= 15 is 0 Å². The minimum absolute atomic E-state index is 0.321. The maximum Gasteiger partial charge on any atom is 0.310 e. The second-order valence-electron chi connectivity index (χ2n) is 5.36. The standard InChI is InChI=1S/C13H15F2NO4S/c1-13(12(17)18)6-2-3-11(13)16-21(19,20)10-7-8(14)4-5-9(10)15/h4-5,7,11,16H,2-3,6H2,1H3,(H,17,18). The number of sulfonamides is 1. The average molecular weight is 319 g/mol. The Bertz CT molecular complexity index is 677. The van der Waals surface area contributed by atoms with Crippen LogP contribution in [-0.2, 0) is 14.8 Å². The van der Waals surface area contributed by atoms with Crippen LogP contribution in [0.15, 0.2) is 23.1 Å². The van der Waals surface area contributed by atoms with Crippen LogP contribution in [0.25, 0.3) is 0 Å². The lowest BCUT2D eigenvalue weighted by Gasteiger charge is -2.27.